The van der Waals surface area contributed by atoms with Crippen LogP contribution in [0.25, 0.3) is 0 Å². The molecule has 2 fully saturated rings. The number of ether oxygens (including phenoxy) is 1. The van der Waals surface area contributed by atoms with E-state index in [4.69, 9.17) is 4.74 Å². The summed E-state index contributed by atoms with van der Waals surface area (Å²) in [6, 6.07) is 18.7. The van der Waals surface area contributed by atoms with Gasteiger partial charge in [-0.2, -0.15) is 6.42 Å². The molecule has 0 atom stereocenters. The van der Waals surface area contributed by atoms with Crippen LogP contribution in [0, 0.1) is 32.2 Å². The number of carbonyl (C=O) groups excluding carboxylic acids is 1. The van der Waals surface area contributed by atoms with E-state index in [1.807, 2.05) is 32.2 Å². The Bertz CT molecular complexity index is 916. The van der Waals surface area contributed by atoms with E-state index < -0.39 is 0 Å². The Kier molecular flexibility index (Phi) is 25.1. The first-order valence-corrected chi connectivity index (χ1v) is 14.5. The largest absolute Gasteiger partial charge is 1.00 e. The first-order valence-electron chi connectivity index (χ1n) is 14.5. The molecule has 2 aromatic carbocycles. The molecule has 4 rings (SSSR count). The molecule has 0 aliphatic heterocycles. The number of rotatable bonds is 7. The van der Waals surface area contributed by atoms with Crippen molar-refractivity contribution in [3.05, 3.63) is 91.2 Å². The summed E-state index contributed by atoms with van der Waals surface area (Å²) in [4.78, 5) is 11.2. The molecule has 2 saturated carbocycles. The molecule has 2 N–H and O–H groups in total. The van der Waals surface area contributed by atoms with Crippen LogP contribution in [-0.4, -0.2) is 19.4 Å². The second kappa shape index (κ2) is 24.5. The smallest absolute Gasteiger partial charge is 0.538 e. The molecule has 0 heterocycles. The first kappa shape index (κ1) is 41.0. The van der Waals surface area contributed by atoms with Gasteiger partial charge in [0.1, 0.15) is 0 Å². The second-order valence-corrected chi connectivity index (χ2v) is 10.8. The van der Waals surface area contributed by atoms with Crippen LogP contribution in [0.2, 0.25) is 0 Å². The van der Waals surface area contributed by atoms with Gasteiger partial charge < -0.3 is 22.3 Å². The van der Waals surface area contributed by atoms with E-state index >= 15 is 0 Å². The van der Waals surface area contributed by atoms with Crippen LogP contribution in [0.1, 0.15) is 91.2 Å². The van der Waals surface area contributed by atoms with Crippen molar-refractivity contribution in [2.24, 2.45) is 11.3 Å². The number of hydrogen-bond donors (Lipinski definition) is 2. The number of Topliss-reactive ketones (excluding diaryl/α,β-unsaturated/α-hetero) is 1. The molecule has 0 radical (unpaired) electrons. The molecular formula is C35H56KN2O2-. The van der Waals surface area contributed by atoms with E-state index in [9.17, 15) is 4.79 Å². The average Bonchev–Trinajstić information content (AvgIpc) is 3.66. The molecule has 0 spiro atoms. The summed E-state index contributed by atoms with van der Waals surface area (Å²) in [6.07, 6.45) is 8.95. The van der Waals surface area contributed by atoms with Crippen molar-refractivity contribution in [3.8, 4) is 0 Å². The normalized spacial score (nSPS) is 14.4. The van der Waals surface area contributed by atoms with Crippen molar-refractivity contribution >= 4 is 11.5 Å². The van der Waals surface area contributed by atoms with Crippen LogP contribution in [0.3, 0.4) is 0 Å². The number of ketones is 1. The third kappa shape index (κ3) is 20.7. The molecule has 0 amide bonds. The van der Waals surface area contributed by atoms with Crippen LogP contribution < -0.4 is 62.0 Å². The number of carbonyl (C=O) groups is 1. The molecule has 0 unspecified atom stereocenters. The SMILES string of the molecule is CC1CCC1.CCc1cccc(NC)c1.Cc1ccccc1.[CH2-]CC.[CH2-]N/C(C)=C(\OCC1(C)CC1)C(C)=O.[K+]. The zero-order valence-electron chi connectivity index (χ0n) is 27.2. The molecule has 0 saturated heterocycles. The van der Waals surface area contributed by atoms with Gasteiger partial charge in [-0.25, -0.2) is 0 Å². The Labute approximate surface area is 290 Å². The molecule has 0 bridgehead atoms. The molecule has 2 aliphatic carbocycles. The van der Waals surface area contributed by atoms with Gasteiger partial charge >= 0.3 is 51.4 Å². The molecule has 220 valence electrons. The molecule has 5 heteroatoms. The molecule has 0 aromatic heterocycles. The van der Waals surface area contributed by atoms with Gasteiger partial charge in [-0.1, -0.05) is 95.0 Å². The third-order valence-electron chi connectivity index (χ3n) is 6.55. The Morgan fingerprint density at radius 2 is 1.60 bits per heavy atom. The second-order valence-electron chi connectivity index (χ2n) is 10.8. The average molecular weight is 576 g/mol. The Hall–Kier alpha value is -1.11. The maximum Gasteiger partial charge on any atom is 1.00 e. The van der Waals surface area contributed by atoms with Gasteiger partial charge in [0, 0.05) is 30.8 Å². The summed E-state index contributed by atoms with van der Waals surface area (Å²) in [5, 5.41) is 5.79. The van der Waals surface area contributed by atoms with Gasteiger partial charge in [0.15, 0.2) is 11.5 Å². The van der Waals surface area contributed by atoms with E-state index in [0.29, 0.717) is 23.5 Å². The summed E-state index contributed by atoms with van der Waals surface area (Å²) in [6.45, 7) is 18.1. The van der Waals surface area contributed by atoms with E-state index in [1.54, 1.807) is 6.92 Å². The van der Waals surface area contributed by atoms with E-state index in [-0.39, 0.29) is 57.2 Å². The fourth-order valence-corrected chi connectivity index (χ4v) is 3.25. The zero-order valence-corrected chi connectivity index (χ0v) is 30.3. The summed E-state index contributed by atoms with van der Waals surface area (Å²) in [5.41, 5.74) is 4.89. The summed E-state index contributed by atoms with van der Waals surface area (Å²) in [5.74, 6) is 1.42. The monoisotopic (exact) mass is 575 g/mol. The van der Waals surface area contributed by atoms with Crippen molar-refractivity contribution in [1.29, 1.82) is 0 Å². The van der Waals surface area contributed by atoms with Crippen molar-refractivity contribution < 1.29 is 60.9 Å². The number of benzene rings is 2. The minimum absolute atomic E-state index is 0. The Balaban J connectivity index is 0. The summed E-state index contributed by atoms with van der Waals surface area (Å²) in [7, 11) is 5.45. The summed E-state index contributed by atoms with van der Waals surface area (Å²) >= 11 is 0. The molecule has 40 heavy (non-hydrogen) atoms. The van der Waals surface area contributed by atoms with Crippen molar-refractivity contribution in [2.45, 2.75) is 93.4 Å². The summed E-state index contributed by atoms with van der Waals surface area (Å²) < 4.78 is 5.51. The van der Waals surface area contributed by atoms with Crippen LogP contribution in [0.5, 0.6) is 0 Å². The van der Waals surface area contributed by atoms with Crippen LogP contribution in [0.4, 0.5) is 5.69 Å². The number of aryl methyl sites for hydroxylation is 2. The van der Waals surface area contributed by atoms with Crippen molar-refractivity contribution in [1.82, 2.24) is 5.32 Å². The minimum atomic E-state index is -0.0529. The maximum absolute atomic E-state index is 11.2. The Morgan fingerprint density at radius 3 is 1.93 bits per heavy atom. The van der Waals surface area contributed by atoms with Crippen LogP contribution in [0.15, 0.2) is 66.1 Å². The van der Waals surface area contributed by atoms with E-state index in [0.717, 1.165) is 18.8 Å². The van der Waals surface area contributed by atoms with Crippen LogP contribution >= 0.6 is 0 Å². The minimum Gasteiger partial charge on any atom is -0.538 e. The van der Waals surface area contributed by atoms with Gasteiger partial charge in [-0.05, 0) is 56.7 Å². The third-order valence-corrected chi connectivity index (χ3v) is 6.55. The predicted octanol–water partition coefficient (Wildman–Crippen LogP) is 6.33. The van der Waals surface area contributed by atoms with Gasteiger partial charge in [0.25, 0.3) is 0 Å². The number of nitrogens with one attached hydrogen (secondary N) is 2. The fourth-order valence-electron chi connectivity index (χ4n) is 3.25. The maximum atomic E-state index is 11.2. The van der Waals surface area contributed by atoms with Crippen molar-refractivity contribution in [3.63, 3.8) is 0 Å². The van der Waals surface area contributed by atoms with Crippen molar-refractivity contribution in [2.75, 3.05) is 19.0 Å². The van der Waals surface area contributed by atoms with E-state index in [1.165, 1.54) is 55.8 Å². The van der Waals surface area contributed by atoms with Gasteiger partial charge in [0.05, 0.1) is 6.61 Å². The van der Waals surface area contributed by atoms with Crippen LogP contribution in [-0.2, 0) is 16.0 Å². The van der Waals surface area contributed by atoms with E-state index in [2.05, 4.69) is 88.7 Å². The standard InChI is InChI=1S/C11H18NO2.C9H13N.C7H8.C5H10.C3H7.K/c1-8(12-4)10(9(2)13)14-7-11(3)5-6-11;1-3-8-5-4-6-9(7-8)10-2;1-7-5-3-2-4-6-7;1-5-3-2-4-5;1-3-2;/h12H,4-7H2,1-3H3;4-7,10H,3H2,1-2H3;2-6H,1H3;5H,2-4H2,1H3;1,3H2,2H3;/q-1;;;;-1;+1/b10-8-;;;;;. The molecule has 4 nitrogen and oxygen atoms in total. The first-order chi connectivity index (χ1) is 18.5. The quantitative estimate of drug-likeness (QED) is 0.175. The number of anilines is 1. The van der Waals surface area contributed by atoms with Gasteiger partial charge in [-0.3, -0.25) is 11.8 Å². The van der Waals surface area contributed by atoms with Gasteiger partial charge in [-0.15, -0.1) is 0 Å². The number of hydrogen-bond acceptors (Lipinski definition) is 4. The molecule has 2 aliphatic rings. The van der Waals surface area contributed by atoms with Gasteiger partial charge in [0.2, 0.25) is 0 Å². The number of allylic oxidation sites excluding steroid dienone is 2. The molecule has 2 aromatic rings. The molecular weight excluding hydrogens is 519 g/mol. The topological polar surface area (TPSA) is 50.4 Å². The zero-order chi connectivity index (χ0) is 29.7. The fraction of sp³-hybridized carbons (Fsp3) is 0.514. The predicted molar refractivity (Wildman–Crippen MR) is 170 cm³/mol. The Morgan fingerprint density at radius 1 is 1.05 bits per heavy atom.